The summed E-state index contributed by atoms with van der Waals surface area (Å²) in [6.45, 7) is 0. The molecular formula is C16H13BrN4O3S. The van der Waals surface area contributed by atoms with Crippen molar-refractivity contribution in [3.05, 3.63) is 51.4 Å². The molecule has 0 unspecified atom stereocenters. The Balaban J connectivity index is 1.68. The summed E-state index contributed by atoms with van der Waals surface area (Å²) in [6, 6.07) is 10.5. The number of para-hydroxylation sites is 1. The van der Waals surface area contributed by atoms with Crippen molar-refractivity contribution in [3.8, 4) is 22.1 Å². The molecule has 0 bridgehead atoms. The SMILES string of the molecule is COc1cccc(C=NNC(=O)c2cc(-c3ccc(Br)s3)[nH]n2)c1O. The van der Waals surface area contributed by atoms with Gasteiger partial charge in [-0.2, -0.15) is 10.2 Å². The van der Waals surface area contributed by atoms with Crippen LogP contribution in [-0.2, 0) is 0 Å². The number of aromatic nitrogens is 2. The predicted octanol–water partition coefficient (Wildman–Crippen LogP) is 3.38. The first kappa shape index (κ1) is 17.2. The Labute approximate surface area is 155 Å². The summed E-state index contributed by atoms with van der Waals surface area (Å²) in [5, 5.41) is 20.6. The van der Waals surface area contributed by atoms with Crippen molar-refractivity contribution in [1.82, 2.24) is 15.6 Å². The fourth-order valence-electron chi connectivity index (χ4n) is 2.05. The number of benzene rings is 1. The van der Waals surface area contributed by atoms with Gasteiger partial charge in [-0.05, 0) is 46.3 Å². The average Bonchev–Trinajstić information content (AvgIpc) is 3.25. The first-order chi connectivity index (χ1) is 12.1. The second-order valence-corrected chi connectivity index (χ2v) is 7.33. The highest BCUT2D eigenvalue weighted by atomic mass is 79.9. The third kappa shape index (κ3) is 3.89. The van der Waals surface area contributed by atoms with Gasteiger partial charge in [0.1, 0.15) is 0 Å². The number of phenolic OH excluding ortho intramolecular Hbond substituents is 1. The Bertz CT molecular complexity index is 935. The Morgan fingerprint density at radius 3 is 3.00 bits per heavy atom. The molecule has 7 nitrogen and oxygen atoms in total. The maximum Gasteiger partial charge on any atom is 0.291 e. The standard InChI is InChI=1S/C16H13BrN4O3S/c1-24-12-4-2-3-9(15(12)22)8-18-21-16(23)11-7-10(19-20-11)13-5-6-14(17)25-13/h2-8,22H,1H3,(H,19,20)(H,21,23). The molecule has 0 saturated heterocycles. The van der Waals surface area contributed by atoms with Gasteiger partial charge in [-0.25, -0.2) is 5.43 Å². The lowest BCUT2D eigenvalue weighted by molar-refractivity contribution is 0.0950. The summed E-state index contributed by atoms with van der Waals surface area (Å²) in [5.41, 5.74) is 3.75. The Kier molecular flexibility index (Phi) is 5.15. The third-order valence-corrected chi connectivity index (χ3v) is 4.93. The number of H-pyrrole nitrogens is 1. The largest absolute Gasteiger partial charge is 0.504 e. The van der Waals surface area contributed by atoms with E-state index in [1.165, 1.54) is 24.7 Å². The first-order valence-electron chi connectivity index (χ1n) is 7.09. The number of aromatic hydroxyl groups is 1. The number of phenols is 1. The summed E-state index contributed by atoms with van der Waals surface area (Å²) < 4.78 is 6.00. The molecule has 0 spiro atoms. The number of hydrazone groups is 1. The molecule has 0 aliphatic heterocycles. The zero-order valence-corrected chi connectivity index (χ0v) is 15.4. The first-order valence-corrected chi connectivity index (χ1v) is 8.70. The van der Waals surface area contributed by atoms with Gasteiger partial charge in [-0.15, -0.1) is 11.3 Å². The lowest BCUT2D eigenvalue weighted by Gasteiger charge is -2.04. The highest BCUT2D eigenvalue weighted by molar-refractivity contribution is 9.11. The van der Waals surface area contributed by atoms with Gasteiger partial charge < -0.3 is 9.84 Å². The minimum Gasteiger partial charge on any atom is -0.504 e. The molecule has 3 aromatic rings. The molecule has 2 heterocycles. The topological polar surface area (TPSA) is 99.6 Å². The van der Waals surface area contributed by atoms with E-state index in [-0.39, 0.29) is 11.4 Å². The maximum absolute atomic E-state index is 12.1. The Morgan fingerprint density at radius 1 is 1.44 bits per heavy atom. The van der Waals surface area contributed by atoms with Gasteiger partial charge in [0.05, 0.1) is 27.7 Å². The van der Waals surface area contributed by atoms with Crippen LogP contribution in [0.25, 0.3) is 10.6 Å². The van der Waals surface area contributed by atoms with E-state index in [2.05, 4.69) is 36.7 Å². The number of nitrogens with one attached hydrogen (secondary N) is 2. The van der Waals surface area contributed by atoms with Crippen LogP contribution in [-0.4, -0.2) is 34.5 Å². The number of ether oxygens (including phenoxy) is 1. The Morgan fingerprint density at radius 2 is 2.28 bits per heavy atom. The molecule has 3 rings (SSSR count). The number of amides is 1. The molecule has 0 aliphatic rings. The quantitative estimate of drug-likeness (QED) is 0.435. The van der Waals surface area contributed by atoms with E-state index >= 15 is 0 Å². The summed E-state index contributed by atoms with van der Waals surface area (Å²) in [5.74, 6) is -0.181. The summed E-state index contributed by atoms with van der Waals surface area (Å²) in [4.78, 5) is 13.1. The molecule has 0 aliphatic carbocycles. The van der Waals surface area contributed by atoms with E-state index in [1.54, 1.807) is 24.3 Å². The van der Waals surface area contributed by atoms with Crippen LogP contribution in [0.5, 0.6) is 11.5 Å². The van der Waals surface area contributed by atoms with Crippen molar-refractivity contribution in [2.45, 2.75) is 0 Å². The maximum atomic E-state index is 12.1. The average molecular weight is 421 g/mol. The minimum atomic E-state index is -0.461. The number of carbonyl (C=O) groups is 1. The Hall–Kier alpha value is -2.65. The molecule has 0 fully saturated rings. The molecule has 128 valence electrons. The fraction of sp³-hybridized carbons (Fsp3) is 0.0625. The molecule has 0 radical (unpaired) electrons. The molecular weight excluding hydrogens is 408 g/mol. The monoisotopic (exact) mass is 420 g/mol. The van der Waals surface area contributed by atoms with Crippen LogP contribution >= 0.6 is 27.3 Å². The highest BCUT2D eigenvalue weighted by Gasteiger charge is 2.12. The molecule has 2 aromatic heterocycles. The van der Waals surface area contributed by atoms with Crippen molar-refractivity contribution in [3.63, 3.8) is 0 Å². The lowest BCUT2D eigenvalue weighted by Crippen LogP contribution is -2.18. The van der Waals surface area contributed by atoms with Crippen molar-refractivity contribution in [2.24, 2.45) is 5.10 Å². The van der Waals surface area contributed by atoms with E-state index in [0.717, 1.165) is 14.4 Å². The second kappa shape index (κ2) is 7.49. The number of halogens is 1. The smallest absolute Gasteiger partial charge is 0.291 e. The van der Waals surface area contributed by atoms with Crippen LogP contribution in [0.4, 0.5) is 0 Å². The zero-order chi connectivity index (χ0) is 17.8. The molecule has 0 saturated carbocycles. The van der Waals surface area contributed by atoms with Gasteiger partial charge in [0.15, 0.2) is 17.2 Å². The van der Waals surface area contributed by atoms with Crippen LogP contribution in [0.3, 0.4) is 0 Å². The van der Waals surface area contributed by atoms with Crippen LogP contribution in [0.2, 0.25) is 0 Å². The molecule has 1 amide bonds. The summed E-state index contributed by atoms with van der Waals surface area (Å²) in [6.07, 6.45) is 1.33. The third-order valence-electron chi connectivity index (χ3n) is 3.27. The van der Waals surface area contributed by atoms with Crippen molar-refractivity contribution < 1.29 is 14.6 Å². The molecule has 25 heavy (non-hydrogen) atoms. The van der Waals surface area contributed by atoms with Crippen LogP contribution in [0.15, 0.2) is 45.3 Å². The van der Waals surface area contributed by atoms with Gasteiger partial charge in [-0.3, -0.25) is 9.89 Å². The van der Waals surface area contributed by atoms with E-state index in [1.807, 2.05) is 12.1 Å². The zero-order valence-electron chi connectivity index (χ0n) is 13.0. The van der Waals surface area contributed by atoms with Gasteiger partial charge in [0.2, 0.25) is 0 Å². The fourth-order valence-corrected chi connectivity index (χ4v) is 3.40. The number of thiophene rings is 1. The normalized spacial score (nSPS) is 11.0. The lowest BCUT2D eigenvalue weighted by atomic mass is 10.2. The number of rotatable bonds is 5. The van der Waals surface area contributed by atoms with Crippen LogP contribution < -0.4 is 10.2 Å². The summed E-state index contributed by atoms with van der Waals surface area (Å²) >= 11 is 4.92. The van der Waals surface area contributed by atoms with E-state index in [0.29, 0.717) is 11.3 Å². The number of nitrogens with zero attached hydrogens (tertiary/aromatic N) is 2. The van der Waals surface area contributed by atoms with Crippen LogP contribution in [0.1, 0.15) is 16.1 Å². The number of methoxy groups -OCH3 is 1. The number of carbonyl (C=O) groups excluding carboxylic acids is 1. The van der Waals surface area contributed by atoms with E-state index < -0.39 is 5.91 Å². The van der Waals surface area contributed by atoms with Gasteiger partial charge in [0.25, 0.3) is 5.91 Å². The molecule has 3 N–H and O–H groups in total. The van der Waals surface area contributed by atoms with Crippen molar-refractivity contribution in [1.29, 1.82) is 0 Å². The predicted molar refractivity (Wildman–Crippen MR) is 99.3 cm³/mol. The summed E-state index contributed by atoms with van der Waals surface area (Å²) in [7, 11) is 1.46. The molecule has 0 atom stereocenters. The number of aromatic amines is 1. The van der Waals surface area contributed by atoms with Gasteiger partial charge >= 0.3 is 0 Å². The van der Waals surface area contributed by atoms with Crippen molar-refractivity contribution >= 4 is 39.4 Å². The van der Waals surface area contributed by atoms with Crippen LogP contribution in [0, 0.1) is 0 Å². The van der Waals surface area contributed by atoms with Gasteiger partial charge in [-0.1, -0.05) is 6.07 Å². The minimum absolute atomic E-state index is 0.0478. The van der Waals surface area contributed by atoms with E-state index in [9.17, 15) is 9.90 Å². The number of hydrogen-bond donors (Lipinski definition) is 3. The highest BCUT2D eigenvalue weighted by Crippen LogP contribution is 2.30. The van der Waals surface area contributed by atoms with E-state index in [4.69, 9.17) is 4.74 Å². The van der Waals surface area contributed by atoms with Crippen molar-refractivity contribution in [2.75, 3.05) is 7.11 Å². The number of hydrogen-bond acceptors (Lipinski definition) is 6. The van der Waals surface area contributed by atoms with Gasteiger partial charge in [0, 0.05) is 5.56 Å². The second-order valence-electron chi connectivity index (χ2n) is 4.87. The molecule has 9 heteroatoms. The molecule has 1 aromatic carbocycles.